The molecule has 3 rings (SSSR count). The smallest absolute Gasteiger partial charge is 0.186 e. The van der Waals surface area contributed by atoms with Crippen LogP contribution in [0.5, 0.6) is 0 Å². The van der Waals surface area contributed by atoms with E-state index in [-0.39, 0.29) is 6.10 Å². The number of carbonyl (C=O) groups is 1. The van der Waals surface area contributed by atoms with Gasteiger partial charge in [0, 0.05) is 12.5 Å². The molecule has 2 fully saturated rings. The van der Waals surface area contributed by atoms with Gasteiger partial charge in [-0.15, -0.1) is 0 Å². The van der Waals surface area contributed by atoms with Crippen LogP contribution in [0.25, 0.3) is 0 Å². The summed E-state index contributed by atoms with van der Waals surface area (Å²) in [4.78, 5) is 18.9. The van der Waals surface area contributed by atoms with E-state index in [2.05, 4.69) is 18.7 Å². The van der Waals surface area contributed by atoms with E-state index in [1.54, 1.807) is 0 Å². The molecule has 1 aromatic heterocycles. The van der Waals surface area contributed by atoms with Gasteiger partial charge in [0.05, 0.1) is 29.3 Å². The Hall–Kier alpha value is -0.940. The largest absolute Gasteiger partial charge is 0.375 e. The summed E-state index contributed by atoms with van der Waals surface area (Å²) >= 11 is 1.53. The van der Waals surface area contributed by atoms with Gasteiger partial charge in [0.2, 0.25) is 0 Å². The van der Waals surface area contributed by atoms with E-state index in [4.69, 9.17) is 9.72 Å². The van der Waals surface area contributed by atoms with E-state index >= 15 is 0 Å². The lowest BCUT2D eigenvalue weighted by Gasteiger charge is -2.36. The molecule has 2 unspecified atom stereocenters. The molecule has 0 spiro atoms. The van der Waals surface area contributed by atoms with Crippen LogP contribution in [0.4, 0.5) is 5.13 Å². The van der Waals surface area contributed by atoms with Gasteiger partial charge >= 0.3 is 0 Å². The molecule has 4 nitrogen and oxygen atoms in total. The number of hydrogen-bond donors (Lipinski definition) is 0. The van der Waals surface area contributed by atoms with Crippen LogP contribution in [0.1, 0.15) is 48.0 Å². The Bertz CT molecular complexity index is 456. The van der Waals surface area contributed by atoms with Crippen LogP contribution in [0.15, 0.2) is 0 Å². The Morgan fingerprint density at radius 3 is 2.89 bits per heavy atom. The fraction of sp³-hybridized carbons (Fsp3) is 0.692. The zero-order chi connectivity index (χ0) is 12.7. The standard InChI is InChI=1S/C13H18N2O2S/c1-8-7-17-9(2)5-15(8)13-14-12(10-3-4-10)11(6-16)18-13/h6,8-10H,3-5,7H2,1-2H3. The predicted octanol–water partition coefficient (Wildman–Crippen LogP) is 2.45. The van der Waals surface area contributed by atoms with Gasteiger partial charge < -0.3 is 9.64 Å². The molecule has 0 radical (unpaired) electrons. The highest BCUT2D eigenvalue weighted by atomic mass is 32.1. The summed E-state index contributed by atoms with van der Waals surface area (Å²) in [5.41, 5.74) is 1.02. The predicted molar refractivity (Wildman–Crippen MR) is 71.7 cm³/mol. The molecule has 2 heterocycles. The highest BCUT2D eigenvalue weighted by molar-refractivity contribution is 7.17. The van der Waals surface area contributed by atoms with Crippen molar-refractivity contribution in [3.05, 3.63) is 10.6 Å². The number of carbonyl (C=O) groups excluding carboxylic acids is 1. The molecule has 18 heavy (non-hydrogen) atoms. The number of morpholine rings is 1. The minimum absolute atomic E-state index is 0.231. The van der Waals surface area contributed by atoms with E-state index in [0.717, 1.165) is 35.1 Å². The summed E-state index contributed by atoms with van der Waals surface area (Å²) in [5.74, 6) is 0.531. The highest BCUT2D eigenvalue weighted by Crippen LogP contribution is 2.44. The van der Waals surface area contributed by atoms with Crippen molar-refractivity contribution in [2.75, 3.05) is 18.1 Å². The van der Waals surface area contributed by atoms with E-state index in [1.165, 1.54) is 24.2 Å². The van der Waals surface area contributed by atoms with Crippen LogP contribution in [-0.4, -0.2) is 36.6 Å². The van der Waals surface area contributed by atoms with Gasteiger partial charge in [-0.1, -0.05) is 11.3 Å². The first-order valence-corrected chi connectivity index (χ1v) is 7.35. The summed E-state index contributed by atoms with van der Waals surface area (Å²) in [5, 5.41) is 0.988. The van der Waals surface area contributed by atoms with Gasteiger partial charge in [-0.25, -0.2) is 4.98 Å². The van der Waals surface area contributed by atoms with E-state index in [1.807, 2.05) is 0 Å². The number of ether oxygens (including phenoxy) is 1. The lowest BCUT2D eigenvalue weighted by molar-refractivity contribution is 0.0343. The summed E-state index contributed by atoms with van der Waals surface area (Å²) in [6, 6.07) is 0.332. The van der Waals surface area contributed by atoms with Crippen LogP contribution in [-0.2, 0) is 4.74 Å². The molecule has 98 valence electrons. The SMILES string of the molecule is CC1CN(c2nc(C3CC3)c(C=O)s2)C(C)CO1. The molecule has 1 saturated heterocycles. The monoisotopic (exact) mass is 266 g/mol. The third-order valence-corrected chi connectivity index (χ3v) is 4.63. The molecule has 0 aromatic carbocycles. The maximum absolute atomic E-state index is 11.1. The summed E-state index contributed by atoms with van der Waals surface area (Å²) in [7, 11) is 0. The summed E-state index contributed by atoms with van der Waals surface area (Å²) in [6.45, 7) is 5.81. The number of rotatable bonds is 3. The zero-order valence-corrected chi connectivity index (χ0v) is 11.6. The molecule has 0 bridgehead atoms. The van der Waals surface area contributed by atoms with Gasteiger partial charge in [0.25, 0.3) is 0 Å². The fourth-order valence-corrected chi connectivity index (χ4v) is 3.44. The lowest BCUT2D eigenvalue weighted by Crippen LogP contribution is -2.47. The second-order valence-corrected chi connectivity index (χ2v) is 6.29. The summed E-state index contributed by atoms with van der Waals surface area (Å²) < 4.78 is 5.63. The fourth-order valence-electron chi connectivity index (χ4n) is 2.36. The molecule has 1 saturated carbocycles. The highest BCUT2D eigenvalue weighted by Gasteiger charge is 2.32. The number of hydrogen-bond acceptors (Lipinski definition) is 5. The third kappa shape index (κ3) is 2.17. The molecule has 2 aliphatic rings. The van der Waals surface area contributed by atoms with Gasteiger partial charge in [0.1, 0.15) is 0 Å². The Morgan fingerprint density at radius 1 is 1.44 bits per heavy atom. The molecule has 1 aromatic rings. The Balaban J connectivity index is 1.88. The van der Waals surface area contributed by atoms with Crippen LogP contribution in [0.2, 0.25) is 0 Å². The second-order valence-electron chi connectivity index (χ2n) is 5.28. The van der Waals surface area contributed by atoms with Crippen molar-refractivity contribution >= 4 is 22.8 Å². The maximum atomic E-state index is 11.1. The maximum Gasteiger partial charge on any atom is 0.186 e. The van der Waals surface area contributed by atoms with Gasteiger partial charge in [-0.3, -0.25) is 4.79 Å². The molecular formula is C13H18N2O2S. The molecule has 1 aliphatic carbocycles. The first-order valence-electron chi connectivity index (χ1n) is 6.53. The van der Waals surface area contributed by atoms with Crippen molar-refractivity contribution in [1.82, 2.24) is 4.98 Å². The number of aromatic nitrogens is 1. The topological polar surface area (TPSA) is 42.4 Å². The Labute approximate surface area is 111 Å². The van der Waals surface area contributed by atoms with E-state index in [9.17, 15) is 4.79 Å². The van der Waals surface area contributed by atoms with Crippen molar-refractivity contribution in [2.45, 2.75) is 44.8 Å². The molecule has 1 aliphatic heterocycles. The third-order valence-electron chi connectivity index (χ3n) is 3.59. The second kappa shape index (κ2) is 4.63. The lowest BCUT2D eigenvalue weighted by atomic mass is 10.2. The van der Waals surface area contributed by atoms with Crippen molar-refractivity contribution in [1.29, 1.82) is 0 Å². The summed E-state index contributed by atoms with van der Waals surface area (Å²) in [6.07, 6.45) is 3.55. The minimum atomic E-state index is 0.231. The number of thiazole rings is 1. The first kappa shape index (κ1) is 12.1. The Morgan fingerprint density at radius 2 is 2.22 bits per heavy atom. The molecular weight excluding hydrogens is 248 g/mol. The van der Waals surface area contributed by atoms with Crippen molar-refractivity contribution < 1.29 is 9.53 Å². The van der Waals surface area contributed by atoms with Gasteiger partial charge in [-0.05, 0) is 26.7 Å². The average Bonchev–Trinajstić information content (AvgIpc) is 3.12. The number of nitrogens with zero attached hydrogens (tertiary/aromatic N) is 2. The first-order chi connectivity index (χ1) is 8.69. The van der Waals surface area contributed by atoms with Gasteiger partial charge in [0.15, 0.2) is 11.4 Å². The normalized spacial score (nSPS) is 28.4. The average molecular weight is 266 g/mol. The molecule has 2 atom stereocenters. The van der Waals surface area contributed by atoms with Crippen LogP contribution in [0.3, 0.4) is 0 Å². The van der Waals surface area contributed by atoms with Crippen LogP contribution in [0, 0.1) is 0 Å². The van der Waals surface area contributed by atoms with Crippen LogP contribution >= 0.6 is 11.3 Å². The number of anilines is 1. The van der Waals surface area contributed by atoms with Crippen molar-refractivity contribution in [3.63, 3.8) is 0 Å². The van der Waals surface area contributed by atoms with E-state index < -0.39 is 0 Å². The molecule has 0 N–H and O–H groups in total. The zero-order valence-electron chi connectivity index (χ0n) is 10.8. The molecule has 0 amide bonds. The van der Waals surface area contributed by atoms with Crippen LogP contribution < -0.4 is 4.90 Å². The Kier molecular flexibility index (Phi) is 3.11. The van der Waals surface area contributed by atoms with E-state index in [0.29, 0.717) is 12.0 Å². The van der Waals surface area contributed by atoms with Crippen molar-refractivity contribution in [2.24, 2.45) is 0 Å². The number of aldehydes is 1. The van der Waals surface area contributed by atoms with Gasteiger partial charge in [-0.2, -0.15) is 0 Å². The van der Waals surface area contributed by atoms with Crippen molar-refractivity contribution in [3.8, 4) is 0 Å². The quantitative estimate of drug-likeness (QED) is 0.788. The minimum Gasteiger partial charge on any atom is -0.375 e. The molecule has 5 heteroatoms.